The number of nitrogens with two attached hydrogens (primary N) is 1. The van der Waals surface area contributed by atoms with E-state index in [1.165, 1.54) is 5.57 Å². The first-order chi connectivity index (χ1) is 14.3. The maximum absolute atomic E-state index is 12.6. The molecule has 30 heavy (non-hydrogen) atoms. The van der Waals surface area contributed by atoms with E-state index in [0.29, 0.717) is 0 Å². The van der Waals surface area contributed by atoms with Crippen LogP contribution in [-0.4, -0.2) is 61.4 Å². The van der Waals surface area contributed by atoms with Gasteiger partial charge >= 0.3 is 6.09 Å². The molecule has 170 valence electrons. The minimum Gasteiger partial charge on any atom is -0.443 e. The molecule has 2 saturated heterocycles. The highest BCUT2D eigenvalue weighted by Gasteiger charge is 2.72. The Kier molecular flexibility index (Phi) is 6.19. The Labute approximate surface area is 180 Å². The van der Waals surface area contributed by atoms with Crippen molar-refractivity contribution in [2.45, 2.75) is 107 Å². The molecule has 2 aliphatic heterocycles. The van der Waals surface area contributed by atoms with E-state index in [4.69, 9.17) is 24.7 Å². The van der Waals surface area contributed by atoms with Crippen LogP contribution in [0.25, 0.3) is 0 Å². The molecule has 3 N–H and O–H groups in total. The van der Waals surface area contributed by atoms with E-state index >= 15 is 0 Å². The number of hydrogen-bond acceptors (Lipinski definition) is 6. The summed E-state index contributed by atoms with van der Waals surface area (Å²) in [5, 5.41) is 3.04. The van der Waals surface area contributed by atoms with E-state index in [-0.39, 0.29) is 53.6 Å². The van der Waals surface area contributed by atoms with E-state index in [9.17, 15) is 4.79 Å². The molecular formula is C23H38N2O5. The van der Waals surface area contributed by atoms with Gasteiger partial charge < -0.3 is 30.0 Å². The van der Waals surface area contributed by atoms with Crippen LogP contribution in [0.4, 0.5) is 4.79 Å². The first-order valence-electron chi connectivity index (χ1n) is 11.5. The molecule has 4 fully saturated rings. The lowest BCUT2D eigenvalue weighted by atomic mass is 9.68. The van der Waals surface area contributed by atoms with Crippen molar-refractivity contribution in [3.05, 3.63) is 11.6 Å². The number of ether oxygens (including phenoxy) is 4. The number of carbonyl (C=O) groups is 1. The highest BCUT2D eigenvalue weighted by Crippen LogP contribution is 2.59. The van der Waals surface area contributed by atoms with Crippen LogP contribution in [0.1, 0.15) is 65.7 Å². The number of methoxy groups -OCH3 is 1. The van der Waals surface area contributed by atoms with Crippen LogP contribution >= 0.6 is 0 Å². The third-order valence-electron chi connectivity index (χ3n) is 7.59. The Hall–Kier alpha value is -1.15. The quantitative estimate of drug-likeness (QED) is 0.504. The predicted octanol–water partition coefficient (Wildman–Crippen LogP) is 3.06. The fraction of sp³-hybridized carbons (Fsp3) is 0.870. The summed E-state index contributed by atoms with van der Waals surface area (Å²) in [5.41, 5.74) is 6.74. The molecule has 2 heterocycles. The molecule has 1 amide bonds. The van der Waals surface area contributed by atoms with Gasteiger partial charge in [0.2, 0.25) is 0 Å². The van der Waals surface area contributed by atoms with E-state index in [1.54, 1.807) is 7.11 Å². The van der Waals surface area contributed by atoms with E-state index < -0.39 is 0 Å². The first-order valence-corrected chi connectivity index (χ1v) is 11.5. The Balaban J connectivity index is 1.40. The lowest BCUT2D eigenvalue weighted by Gasteiger charge is -2.42. The molecule has 3 unspecified atom stereocenters. The number of carbonyl (C=O) groups excluding carboxylic acids is 1. The van der Waals surface area contributed by atoms with Crippen LogP contribution < -0.4 is 11.1 Å². The van der Waals surface area contributed by atoms with Gasteiger partial charge in [0.05, 0.1) is 18.6 Å². The zero-order valence-electron chi connectivity index (χ0n) is 18.8. The van der Waals surface area contributed by atoms with Gasteiger partial charge in [-0.25, -0.2) is 4.79 Å². The molecule has 0 bridgehead atoms. The Morgan fingerprint density at radius 3 is 2.53 bits per heavy atom. The third kappa shape index (κ3) is 4.40. The second kappa shape index (κ2) is 8.41. The standard InChI is InChI=1S/C23H38N2O5/c1-14(2)5-10-18-22(3,30-18)20-19(27-4)17(11-12-23(20)13-28-23)29-21(26)25-16-8-6-15(24)7-9-16/h5,15-20H,6-13,24H2,1-4H3,(H,25,26)/t15-,16-,17-,18+,19?,20?,22?,23-/m0/s1. The topological polar surface area (TPSA) is 98.6 Å². The molecule has 6 atom stereocenters. The summed E-state index contributed by atoms with van der Waals surface area (Å²) in [6.45, 7) is 7.09. The number of alkyl carbamates (subject to hydrolysis) is 1. The summed E-state index contributed by atoms with van der Waals surface area (Å²) < 4.78 is 24.0. The lowest BCUT2D eigenvalue weighted by molar-refractivity contribution is -0.118. The monoisotopic (exact) mass is 422 g/mol. The zero-order valence-corrected chi connectivity index (χ0v) is 18.8. The molecule has 4 aliphatic rings. The Morgan fingerprint density at radius 1 is 1.23 bits per heavy atom. The maximum atomic E-state index is 12.6. The van der Waals surface area contributed by atoms with E-state index in [1.807, 2.05) is 0 Å². The fourth-order valence-electron chi connectivity index (χ4n) is 5.67. The third-order valence-corrected chi connectivity index (χ3v) is 7.59. The number of amides is 1. The highest BCUT2D eigenvalue weighted by atomic mass is 16.6. The first kappa shape index (κ1) is 22.1. The van der Waals surface area contributed by atoms with Gasteiger partial charge in [0.15, 0.2) is 0 Å². The molecule has 4 rings (SSSR count). The predicted molar refractivity (Wildman–Crippen MR) is 113 cm³/mol. The number of allylic oxidation sites excluding steroid dienone is 1. The Bertz CT molecular complexity index is 667. The van der Waals surface area contributed by atoms with Crippen molar-refractivity contribution >= 4 is 6.09 Å². The van der Waals surface area contributed by atoms with Crippen molar-refractivity contribution in [1.29, 1.82) is 0 Å². The van der Waals surface area contributed by atoms with Crippen LogP contribution in [-0.2, 0) is 18.9 Å². The molecule has 2 saturated carbocycles. The maximum Gasteiger partial charge on any atom is 0.407 e. The van der Waals surface area contributed by atoms with Gasteiger partial charge in [0.1, 0.15) is 23.4 Å². The fourth-order valence-corrected chi connectivity index (χ4v) is 5.67. The van der Waals surface area contributed by atoms with Crippen LogP contribution in [0.15, 0.2) is 11.6 Å². The number of nitrogens with one attached hydrogen (secondary N) is 1. The minimum absolute atomic E-state index is 0.0461. The van der Waals surface area contributed by atoms with Crippen molar-refractivity contribution in [2.24, 2.45) is 11.7 Å². The molecule has 0 aromatic carbocycles. The summed E-state index contributed by atoms with van der Waals surface area (Å²) in [5.74, 6) is 0.0461. The molecule has 0 aromatic rings. The molecule has 7 nitrogen and oxygen atoms in total. The second-order valence-electron chi connectivity index (χ2n) is 10.1. The van der Waals surface area contributed by atoms with Gasteiger partial charge in [0, 0.05) is 19.2 Å². The van der Waals surface area contributed by atoms with Crippen LogP contribution in [0.5, 0.6) is 0 Å². The van der Waals surface area contributed by atoms with Gasteiger partial charge in [-0.2, -0.15) is 0 Å². The van der Waals surface area contributed by atoms with Gasteiger partial charge in [-0.15, -0.1) is 0 Å². The molecule has 0 radical (unpaired) electrons. The highest BCUT2D eigenvalue weighted by molar-refractivity contribution is 5.68. The van der Waals surface area contributed by atoms with Gasteiger partial charge in [0.25, 0.3) is 0 Å². The molecule has 1 spiro atoms. The second-order valence-corrected chi connectivity index (χ2v) is 10.1. The van der Waals surface area contributed by atoms with Gasteiger partial charge in [-0.3, -0.25) is 0 Å². The SMILES string of the molecule is COC1C(C2(C)O[C@@H]2CC=C(C)C)[C@]2(CC[C@@H]1OC(=O)N[C@H]1CC[C@H](N)CC1)CO2. The average Bonchev–Trinajstić information content (AvgIpc) is 3.61. The number of hydrogen-bond donors (Lipinski definition) is 2. The summed E-state index contributed by atoms with van der Waals surface area (Å²) in [4.78, 5) is 12.6. The summed E-state index contributed by atoms with van der Waals surface area (Å²) in [6.07, 6.45) is 7.68. The molecular weight excluding hydrogens is 384 g/mol. The van der Waals surface area contributed by atoms with Crippen molar-refractivity contribution in [1.82, 2.24) is 5.32 Å². The van der Waals surface area contributed by atoms with Crippen molar-refractivity contribution in [2.75, 3.05) is 13.7 Å². The van der Waals surface area contributed by atoms with Gasteiger partial charge in [-0.05, 0) is 65.7 Å². The lowest BCUT2D eigenvalue weighted by Crippen LogP contribution is -2.56. The van der Waals surface area contributed by atoms with Gasteiger partial charge in [-0.1, -0.05) is 11.6 Å². The van der Waals surface area contributed by atoms with Crippen molar-refractivity contribution < 1.29 is 23.7 Å². The normalized spacial score (nSPS) is 45.0. The molecule has 7 heteroatoms. The van der Waals surface area contributed by atoms with Crippen LogP contribution in [0.3, 0.4) is 0 Å². The smallest absolute Gasteiger partial charge is 0.407 e. The Morgan fingerprint density at radius 2 is 1.93 bits per heavy atom. The van der Waals surface area contributed by atoms with Crippen LogP contribution in [0.2, 0.25) is 0 Å². The van der Waals surface area contributed by atoms with E-state index in [0.717, 1.165) is 51.6 Å². The van der Waals surface area contributed by atoms with E-state index in [2.05, 4.69) is 32.2 Å². The average molecular weight is 423 g/mol. The zero-order chi connectivity index (χ0) is 21.5. The summed E-state index contributed by atoms with van der Waals surface area (Å²) in [6, 6.07) is 0.401. The summed E-state index contributed by atoms with van der Waals surface area (Å²) >= 11 is 0. The van der Waals surface area contributed by atoms with Crippen LogP contribution in [0, 0.1) is 5.92 Å². The summed E-state index contributed by atoms with van der Waals surface area (Å²) in [7, 11) is 1.70. The van der Waals surface area contributed by atoms with Crippen molar-refractivity contribution in [3.63, 3.8) is 0 Å². The number of epoxide rings is 2. The number of rotatable bonds is 6. The molecule has 0 aromatic heterocycles. The van der Waals surface area contributed by atoms with Crippen molar-refractivity contribution in [3.8, 4) is 0 Å². The largest absolute Gasteiger partial charge is 0.443 e. The molecule has 2 aliphatic carbocycles. The minimum atomic E-state index is -0.350.